The molecule has 3 heteroatoms. The summed E-state index contributed by atoms with van der Waals surface area (Å²) in [4.78, 5) is 2.74. The van der Waals surface area contributed by atoms with Gasteiger partial charge in [0.05, 0.1) is 6.10 Å². The Hall–Kier alpha value is -0.120. The zero-order valence-electron chi connectivity index (χ0n) is 12.8. The Morgan fingerprint density at radius 1 is 1.21 bits per heavy atom. The standard InChI is InChI=1S/C16H30N2O/c1-4-19-15-10-14(16(15,2)3)18-9-5-6-13(11-18)17-12-7-8-12/h12-15,17H,4-11H2,1-3H3. The maximum atomic E-state index is 5.87. The lowest BCUT2D eigenvalue weighted by Gasteiger charge is -2.57. The van der Waals surface area contributed by atoms with Crippen molar-refractivity contribution in [2.75, 3.05) is 19.7 Å². The molecule has 1 heterocycles. The Morgan fingerprint density at radius 2 is 2.00 bits per heavy atom. The molecular weight excluding hydrogens is 236 g/mol. The summed E-state index contributed by atoms with van der Waals surface area (Å²) in [6.45, 7) is 10.3. The van der Waals surface area contributed by atoms with Crippen LogP contribution in [-0.2, 0) is 4.74 Å². The quantitative estimate of drug-likeness (QED) is 0.827. The first-order valence-corrected chi connectivity index (χ1v) is 8.23. The lowest BCUT2D eigenvalue weighted by molar-refractivity contribution is -0.154. The summed E-state index contributed by atoms with van der Waals surface area (Å²) in [5.41, 5.74) is 0.331. The van der Waals surface area contributed by atoms with Crippen molar-refractivity contribution in [3.8, 4) is 0 Å². The molecule has 0 aromatic heterocycles. The molecule has 3 atom stereocenters. The molecule has 3 unspecified atom stereocenters. The van der Waals surface area contributed by atoms with Gasteiger partial charge in [0.15, 0.2) is 0 Å². The van der Waals surface area contributed by atoms with E-state index in [0.717, 1.165) is 24.7 Å². The van der Waals surface area contributed by atoms with E-state index < -0.39 is 0 Å². The number of ether oxygens (including phenoxy) is 1. The third kappa shape index (κ3) is 2.84. The van der Waals surface area contributed by atoms with E-state index in [4.69, 9.17) is 4.74 Å². The number of nitrogens with one attached hydrogen (secondary N) is 1. The van der Waals surface area contributed by atoms with Crippen molar-refractivity contribution in [1.82, 2.24) is 10.2 Å². The molecule has 2 aliphatic carbocycles. The van der Waals surface area contributed by atoms with Crippen LogP contribution in [0, 0.1) is 5.41 Å². The minimum atomic E-state index is 0.331. The molecule has 3 fully saturated rings. The van der Waals surface area contributed by atoms with Crippen LogP contribution in [0.15, 0.2) is 0 Å². The fourth-order valence-corrected chi connectivity index (χ4v) is 3.98. The van der Waals surface area contributed by atoms with E-state index >= 15 is 0 Å². The Morgan fingerprint density at radius 3 is 2.63 bits per heavy atom. The van der Waals surface area contributed by atoms with Crippen LogP contribution in [0.1, 0.15) is 52.9 Å². The van der Waals surface area contributed by atoms with Crippen LogP contribution in [0.3, 0.4) is 0 Å². The maximum absolute atomic E-state index is 5.87. The lowest BCUT2D eigenvalue weighted by Crippen LogP contribution is -2.64. The number of likely N-dealkylation sites (tertiary alicyclic amines) is 1. The van der Waals surface area contributed by atoms with Gasteiger partial charge in [0.2, 0.25) is 0 Å². The zero-order chi connectivity index (χ0) is 13.5. The molecule has 0 spiro atoms. The Bertz CT molecular complexity index is 314. The molecule has 2 saturated carbocycles. The smallest absolute Gasteiger partial charge is 0.0655 e. The maximum Gasteiger partial charge on any atom is 0.0655 e. The van der Waals surface area contributed by atoms with Gasteiger partial charge >= 0.3 is 0 Å². The number of hydrogen-bond acceptors (Lipinski definition) is 3. The largest absolute Gasteiger partial charge is 0.378 e. The third-order valence-electron chi connectivity index (χ3n) is 5.44. The second kappa shape index (κ2) is 5.34. The van der Waals surface area contributed by atoms with Crippen molar-refractivity contribution in [1.29, 1.82) is 0 Å². The van der Waals surface area contributed by atoms with Gasteiger partial charge < -0.3 is 10.1 Å². The van der Waals surface area contributed by atoms with Gasteiger partial charge in [-0.1, -0.05) is 13.8 Å². The highest BCUT2D eigenvalue weighted by molar-refractivity contribution is 5.05. The summed E-state index contributed by atoms with van der Waals surface area (Å²) in [7, 11) is 0. The summed E-state index contributed by atoms with van der Waals surface area (Å²) >= 11 is 0. The van der Waals surface area contributed by atoms with E-state index in [-0.39, 0.29) is 0 Å². The van der Waals surface area contributed by atoms with Gasteiger partial charge in [0.25, 0.3) is 0 Å². The Balaban J connectivity index is 1.53. The van der Waals surface area contributed by atoms with Crippen molar-refractivity contribution < 1.29 is 4.74 Å². The fraction of sp³-hybridized carbons (Fsp3) is 1.00. The second-order valence-electron chi connectivity index (χ2n) is 7.29. The molecule has 0 amide bonds. The van der Waals surface area contributed by atoms with Crippen molar-refractivity contribution >= 4 is 0 Å². The van der Waals surface area contributed by atoms with Gasteiger partial charge in [0, 0.05) is 36.7 Å². The number of nitrogens with zero attached hydrogens (tertiary/aromatic N) is 1. The summed E-state index contributed by atoms with van der Waals surface area (Å²) in [5.74, 6) is 0. The van der Waals surface area contributed by atoms with Gasteiger partial charge in [0.1, 0.15) is 0 Å². The lowest BCUT2D eigenvalue weighted by atomic mass is 9.63. The van der Waals surface area contributed by atoms with Gasteiger partial charge in [-0.05, 0) is 45.6 Å². The van der Waals surface area contributed by atoms with Crippen molar-refractivity contribution in [3.63, 3.8) is 0 Å². The van der Waals surface area contributed by atoms with Crippen LogP contribution in [0.2, 0.25) is 0 Å². The number of piperidine rings is 1. The monoisotopic (exact) mass is 266 g/mol. The van der Waals surface area contributed by atoms with Crippen molar-refractivity contribution in [2.24, 2.45) is 5.41 Å². The van der Waals surface area contributed by atoms with Crippen LogP contribution in [0.25, 0.3) is 0 Å². The first kappa shape index (κ1) is 13.8. The van der Waals surface area contributed by atoms with Crippen LogP contribution in [0.5, 0.6) is 0 Å². The summed E-state index contributed by atoms with van der Waals surface area (Å²) < 4.78 is 5.87. The third-order valence-corrected chi connectivity index (χ3v) is 5.44. The van der Waals surface area contributed by atoms with Gasteiger partial charge in [-0.2, -0.15) is 0 Å². The molecule has 0 bridgehead atoms. The minimum absolute atomic E-state index is 0.331. The normalized spacial score (nSPS) is 39.0. The molecule has 3 aliphatic rings. The molecular formula is C16H30N2O. The molecule has 0 aromatic rings. The average molecular weight is 266 g/mol. The summed E-state index contributed by atoms with van der Waals surface area (Å²) in [5, 5.41) is 3.82. The molecule has 3 rings (SSSR count). The van der Waals surface area contributed by atoms with Crippen molar-refractivity contribution in [3.05, 3.63) is 0 Å². The summed E-state index contributed by atoms with van der Waals surface area (Å²) in [6.07, 6.45) is 7.23. The highest BCUT2D eigenvalue weighted by Crippen LogP contribution is 2.46. The van der Waals surface area contributed by atoms with E-state index in [1.165, 1.54) is 45.2 Å². The molecule has 1 aliphatic heterocycles. The Labute approximate surface area is 118 Å². The predicted molar refractivity (Wildman–Crippen MR) is 78.4 cm³/mol. The first-order valence-electron chi connectivity index (χ1n) is 8.23. The number of rotatable bonds is 5. The molecule has 1 N–H and O–H groups in total. The van der Waals surface area contributed by atoms with Gasteiger partial charge in [-0.25, -0.2) is 0 Å². The molecule has 110 valence electrons. The first-order chi connectivity index (χ1) is 9.11. The fourth-order valence-electron chi connectivity index (χ4n) is 3.98. The topological polar surface area (TPSA) is 24.5 Å². The second-order valence-corrected chi connectivity index (χ2v) is 7.29. The van der Waals surface area contributed by atoms with Gasteiger partial charge in [-0.3, -0.25) is 4.90 Å². The summed E-state index contributed by atoms with van der Waals surface area (Å²) in [6, 6.07) is 2.31. The molecule has 0 radical (unpaired) electrons. The van der Waals surface area contributed by atoms with E-state index in [1.54, 1.807) is 0 Å². The highest BCUT2D eigenvalue weighted by Gasteiger charge is 2.51. The van der Waals surface area contributed by atoms with Crippen molar-refractivity contribution in [2.45, 2.75) is 77.1 Å². The van der Waals surface area contributed by atoms with Crippen LogP contribution in [0.4, 0.5) is 0 Å². The Kier molecular flexibility index (Phi) is 3.89. The molecule has 19 heavy (non-hydrogen) atoms. The number of hydrogen-bond donors (Lipinski definition) is 1. The van der Waals surface area contributed by atoms with Crippen LogP contribution < -0.4 is 5.32 Å². The SMILES string of the molecule is CCOC1CC(N2CCCC(NC3CC3)C2)C1(C)C. The molecule has 0 aromatic carbocycles. The average Bonchev–Trinajstić information content (AvgIpc) is 3.18. The van der Waals surface area contributed by atoms with E-state index in [1.807, 2.05) is 0 Å². The van der Waals surface area contributed by atoms with Gasteiger partial charge in [-0.15, -0.1) is 0 Å². The molecule has 1 saturated heterocycles. The minimum Gasteiger partial charge on any atom is -0.378 e. The van der Waals surface area contributed by atoms with Crippen LogP contribution in [-0.4, -0.2) is 48.8 Å². The van der Waals surface area contributed by atoms with Crippen LogP contribution >= 0.6 is 0 Å². The van der Waals surface area contributed by atoms with E-state index in [2.05, 4.69) is 31.0 Å². The zero-order valence-corrected chi connectivity index (χ0v) is 12.8. The van der Waals surface area contributed by atoms with E-state index in [0.29, 0.717) is 11.5 Å². The predicted octanol–water partition coefficient (Wildman–Crippen LogP) is 2.41. The molecule has 3 nitrogen and oxygen atoms in total. The highest BCUT2D eigenvalue weighted by atomic mass is 16.5. The van der Waals surface area contributed by atoms with E-state index in [9.17, 15) is 0 Å².